The number of carbonyl (C=O) groups is 1. The van der Waals surface area contributed by atoms with Gasteiger partial charge in [-0.25, -0.2) is 0 Å². The Morgan fingerprint density at radius 1 is 1.80 bits per heavy atom. The van der Waals surface area contributed by atoms with Crippen LogP contribution in [0.2, 0.25) is 0 Å². The molecule has 0 aromatic carbocycles. The highest BCUT2D eigenvalue weighted by Crippen LogP contribution is 2.25. The summed E-state index contributed by atoms with van der Waals surface area (Å²) >= 11 is 0.983. The predicted octanol–water partition coefficient (Wildman–Crippen LogP) is -1.14. The van der Waals surface area contributed by atoms with Crippen molar-refractivity contribution in [1.29, 1.82) is 5.26 Å². The van der Waals surface area contributed by atoms with Gasteiger partial charge in [0.15, 0.2) is 5.82 Å². The molecule has 1 aromatic rings. The Morgan fingerprint density at radius 2 is 2.47 bits per heavy atom. The number of aliphatic hydroxyl groups is 1. The van der Waals surface area contributed by atoms with Gasteiger partial charge < -0.3 is 21.9 Å². The predicted molar refractivity (Wildman–Crippen MR) is 54.9 cm³/mol. The van der Waals surface area contributed by atoms with E-state index in [0.717, 1.165) is 11.5 Å². The molecule has 80 valence electrons. The topological polar surface area (TPSA) is 138 Å². The molecule has 15 heavy (non-hydrogen) atoms. The van der Waals surface area contributed by atoms with Gasteiger partial charge in [0.25, 0.3) is 0 Å². The van der Waals surface area contributed by atoms with Gasteiger partial charge in [0.2, 0.25) is 5.91 Å². The second-order valence-corrected chi connectivity index (χ2v) is 3.46. The summed E-state index contributed by atoms with van der Waals surface area (Å²) in [6.45, 7) is -0.0777. The van der Waals surface area contributed by atoms with Crippen LogP contribution in [0.1, 0.15) is 5.56 Å². The molecule has 0 aliphatic heterocycles. The van der Waals surface area contributed by atoms with Gasteiger partial charge in [-0.15, -0.1) is 0 Å². The summed E-state index contributed by atoms with van der Waals surface area (Å²) in [5.41, 5.74) is 10.5. The van der Waals surface area contributed by atoms with Crippen LogP contribution in [0.4, 0.5) is 10.8 Å². The van der Waals surface area contributed by atoms with E-state index in [4.69, 9.17) is 21.8 Å². The van der Waals surface area contributed by atoms with Gasteiger partial charge in [0.05, 0.1) is 6.54 Å². The molecule has 0 saturated heterocycles. The first kappa shape index (κ1) is 11.2. The number of primary amides is 1. The number of nitrogen functional groups attached to an aromatic ring is 1. The smallest absolute Gasteiger partial charge is 0.248 e. The molecule has 1 aromatic heterocycles. The molecule has 1 atom stereocenters. The molecule has 0 bridgehead atoms. The zero-order chi connectivity index (χ0) is 11.4. The standard InChI is InChI=1S/C7H9N5O2S/c8-1-3-5(9)12-15-7(3)11-2-4(13)6(10)14/h4,11,13H,2H2,(H2,9,12)(H2,10,14). The number of nitriles is 1. The molecule has 0 saturated carbocycles. The molecule has 1 amide bonds. The molecule has 1 heterocycles. The van der Waals surface area contributed by atoms with E-state index in [2.05, 4.69) is 9.69 Å². The van der Waals surface area contributed by atoms with Gasteiger partial charge >= 0.3 is 0 Å². The molecule has 7 nitrogen and oxygen atoms in total. The van der Waals surface area contributed by atoms with Crippen LogP contribution in [0, 0.1) is 11.3 Å². The van der Waals surface area contributed by atoms with Gasteiger partial charge in [-0.05, 0) is 11.5 Å². The van der Waals surface area contributed by atoms with Crippen LogP contribution in [0.25, 0.3) is 0 Å². The van der Waals surface area contributed by atoms with E-state index >= 15 is 0 Å². The molecule has 6 N–H and O–H groups in total. The maximum absolute atomic E-state index is 10.5. The summed E-state index contributed by atoms with van der Waals surface area (Å²) in [7, 11) is 0. The first-order chi connectivity index (χ1) is 7.06. The number of aliphatic hydroxyl groups excluding tert-OH is 1. The van der Waals surface area contributed by atoms with Crippen LogP contribution in [-0.2, 0) is 4.79 Å². The third-order valence-corrected chi connectivity index (χ3v) is 2.43. The summed E-state index contributed by atoms with van der Waals surface area (Å²) in [5.74, 6) is -0.711. The first-order valence-corrected chi connectivity index (χ1v) is 4.70. The molecule has 1 unspecified atom stereocenters. The minimum absolute atomic E-state index is 0.0777. The van der Waals surface area contributed by atoms with Crippen molar-refractivity contribution in [3.63, 3.8) is 0 Å². The van der Waals surface area contributed by atoms with Crippen LogP contribution in [0.15, 0.2) is 0 Å². The van der Waals surface area contributed by atoms with E-state index in [1.807, 2.05) is 6.07 Å². The average molecular weight is 227 g/mol. The van der Waals surface area contributed by atoms with Gasteiger partial charge in [0.1, 0.15) is 22.7 Å². The van der Waals surface area contributed by atoms with Gasteiger partial charge in [0, 0.05) is 0 Å². The van der Waals surface area contributed by atoms with Crippen LogP contribution in [0.3, 0.4) is 0 Å². The zero-order valence-corrected chi connectivity index (χ0v) is 8.41. The fourth-order valence-electron chi connectivity index (χ4n) is 0.821. The van der Waals surface area contributed by atoms with Crippen molar-refractivity contribution in [2.24, 2.45) is 5.73 Å². The lowest BCUT2D eigenvalue weighted by atomic mass is 10.3. The third kappa shape index (κ3) is 2.55. The zero-order valence-electron chi connectivity index (χ0n) is 7.60. The molecule has 0 aliphatic carbocycles. The number of carbonyl (C=O) groups excluding carboxylic acids is 1. The molecule has 0 radical (unpaired) electrons. The maximum atomic E-state index is 10.5. The maximum Gasteiger partial charge on any atom is 0.248 e. The Morgan fingerprint density at radius 3 is 3.00 bits per heavy atom. The lowest BCUT2D eigenvalue weighted by Crippen LogP contribution is -2.34. The van der Waals surface area contributed by atoms with Crippen molar-refractivity contribution in [2.45, 2.75) is 6.10 Å². The highest BCUT2D eigenvalue weighted by molar-refractivity contribution is 7.10. The number of hydrogen-bond acceptors (Lipinski definition) is 7. The van der Waals surface area contributed by atoms with E-state index in [9.17, 15) is 4.79 Å². The van der Waals surface area contributed by atoms with Crippen LogP contribution in [-0.4, -0.2) is 28.0 Å². The largest absolute Gasteiger partial charge is 0.382 e. The first-order valence-electron chi connectivity index (χ1n) is 3.92. The molecule has 1 rings (SSSR count). The highest BCUT2D eigenvalue weighted by atomic mass is 32.1. The lowest BCUT2D eigenvalue weighted by molar-refractivity contribution is -0.125. The molecular formula is C7H9N5O2S. The summed E-state index contributed by atoms with van der Waals surface area (Å²) in [6.07, 6.45) is -1.31. The summed E-state index contributed by atoms with van der Waals surface area (Å²) in [4.78, 5) is 10.5. The normalized spacial score (nSPS) is 11.7. The number of nitrogens with two attached hydrogens (primary N) is 2. The molecule has 0 aliphatic rings. The van der Waals surface area contributed by atoms with Crippen molar-refractivity contribution < 1.29 is 9.90 Å². The fraction of sp³-hybridized carbons (Fsp3) is 0.286. The number of nitrogens with zero attached hydrogens (tertiary/aromatic N) is 2. The van der Waals surface area contributed by atoms with E-state index in [0.29, 0.717) is 5.00 Å². The lowest BCUT2D eigenvalue weighted by Gasteiger charge is -2.07. The fourth-order valence-corrected chi connectivity index (χ4v) is 1.49. The number of hydrogen-bond donors (Lipinski definition) is 4. The van der Waals surface area contributed by atoms with Gasteiger partial charge in [-0.2, -0.15) is 9.64 Å². The van der Waals surface area contributed by atoms with Gasteiger partial charge in [-0.3, -0.25) is 4.79 Å². The number of anilines is 2. The van der Waals surface area contributed by atoms with Crippen molar-refractivity contribution in [2.75, 3.05) is 17.6 Å². The second-order valence-electron chi connectivity index (χ2n) is 2.68. The van der Waals surface area contributed by atoms with Crippen LogP contribution in [0.5, 0.6) is 0 Å². The van der Waals surface area contributed by atoms with Crippen LogP contribution < -0.4 is 16.8 Å². The SMILES string of the molecule is N#Cc1c(N)nsc1NCC(O)C(N)=O. The quantitative estimate of drug-likeness (QED) is 0.512. The molecule has 0 spiro atoms. The Labute approximate surface area is 89.5 Å². The Bertz CT molecular complexity index is 410. The minimum atomic E-state index is -1.31. The monoisotopic (exact) mass is 227 g/mol. The summed E-state index contributed by atoms with van der Waals surface area (Å²) < 4.78 is 3.75. The molecular weight excluding hydrogens is 218 g/mol. The van der Waals surface area contributed by atoms with Crippen molar-refractivity contribution >= 4 is 28.3 Å². The average Bonchev–Trinajstić information content (AvgIpc) is 2.55. The van der Waals surface area contributed by atoms with E-state index in [1.165, 1.54) is 0 Å². The summed E-state index contributed by atoms with van der Waals surface area (Å²) in [6, 6.07) is 1.86. The van der Waals surface area contributed by atoms with E-state index in [-0.39, 0.29) is 17.9 Å². The second kappa shape index (κ2) is 4.59. The number of amides is 1. The number of rotatable bonds is 4. The van der Waals surface area contributed by atoms with E-state index in [1.54, 1.807) is 0 Å². The van der Waals surface area contributed by atoms with Gasteiger partial charge in [-0.1, -0.05) is 0 Å². The van der Waals surface area contributed by atoms with Crippen LogP contribution >= 0.6 is 11.5 Å². The Balaban J connectivity index is 2.66. The Kier molecular flexibility index (Phi) is 3.43. The Hall–Kier alpha value is -1.85. The van der Waals surface area contributed by atoms with Crippen molar-refractivity contribution in [1.82, 2.24) is 4.37 Å². The molecule has 0 fully saturated rings. The summed E-state index contributed by atoms with van der Waals surface area (Å²) in [5, 5.41) is 20.9. The van der Waals surface area contributed by atoms with Crippen molar-refractivity contribution in [3.8, 4) is 6.07 Å². The highest BCUT2D eigenvalue weighted by Gasteiger charge is 2.14. The number of aromatic nitrogens is 1. The molecule has 8 heteroatoms. The van der Waals surface area contributed by atoms with Crippen molar-refractivity contribution in [3.05, 3.63) is 5.56 Å². The minimum Gasteiger partial charge on any atom is -0.382 e. The third-order valence-electron chi connectivity index (χ3n) is 1.61. The number of nitrogens with one attached hydrogen (secondary N) is 1. The van der Waals surface area contributed by atoms with E-state index < -0.39 is 12.0 Å².